The number of hydrogen-bond donors (Lipinski definition) is 1. The molecule has 1 saturated heterocycles. The minimum Gasteiger partial charge on any atom is -0.377 e. The predicted octanol–water partition coefficient (Wildman–Crippen LogP) is 2.00. The Kier molecular flexibility index (Phi) is 4.44. The van der Waals surface area contributed by atoms with E-state index in [0.29, 0.717) is 32.8 Å². The quantitative estimate of drug-likeness (QED) is 0.730. The van der Waals surface area contributed by atoms with Gasteiger partial charge < -0.3 is 24.3 Å². The molecule has 29 heavy (non-hydrogen) atoms. The fourth-order valence-electron chi connectivity index (χ4n) is 4.10. The van der Waals surface area contributed by atoms with Gasteiger partial charge in [-0.2, -0.15) is 0 Å². The van der Waals surface area contributed by atoms with Crippen molar-refractivity contribution >= 4 is 28.3 Å². The van der Waals surface area contributed by atoms with Crippen molar-refractivity contribution in [1.29, 1.82) is 0 Å². The summed E-state index contributed by atoms with van der Waals surface area (Å²) < 4.78 is 11.2. The molecule has 5 rings (SSSR count). The van der Waals surface area contributed by atoms with Crippen LogP contribution in [0.4, 0.5) is 11.4 Å². The molecule has 1 atom stereocenters. The number of fused-ring (bicyclic) bond motifs is 2. The second-order valence-electron chi connectivity index (χ2n) is 7.59. The van der Waals surface area contributed by atoms with Gasteiger partial charge in [-0.05, 0) is 12.1 Å². The maximum Gasteiger partial charge on any atom is 0.233 e. The molecule has 0 spiro atoms. The van der Waals surface area contributed by atoms with Crippen LogP contribution in [0.5, 0.6) is 0 Å². The van der Waals surface area contributed by atoms with Crippen LogP contribution in [0.3, 0.4) is 0 Å². The summed E-state index contributed by atoms with van der Waals surface area (Å²) in [6, 6.07) is 4.07. The van der Waals surface area contributed by atoms with E-state index in [2.05, 4.69) is 19.9 Å². The van der Waals surface area contributed by atoms with Gasteiger partial charge in [0, 0.05) is 49.2 Å². The molecule has 0 radical (unpaired) electrons. The summed E-state index contributed by atoms with van der Waals surface area (Å²) in [7, 11) is 4.03. The molecule has 0 aromatic carbocycles. The van der Waals surface area contributed by atoms with E-state index in [-0.39, 0.29) is 12.0 Å². The number of pyridine rings is 2. The number of aromatic amines is 1. The maximum absolute atomic E-state index is 12.6. The second kappa shape index (κ2) is 7.13. The van der Waals surface area contributed by atoms with Crippen LogP contribution in [0.2, 0.25) is 0 Å². The number of hydrogen-bond acceptors (Lipinski definition) is 6. The molecule has 0 saturated carbocycles. The summed E-state index contributed by atoms with van der Waals surface area (Å²) in [5.41, 5.74) is 5.48. The topological polar surface area (TPSA) is 83.6 Å². The minimum atomic E-state index is -0.113. The highest BCUT2D eigenvalue weighted by molar-refractivity contribution is 6.03. The van der Waals surface area contributed by atoms with E-state index in [9.17, 15) is 4.79 Å². The average molecular weight is 393 g/mol. The zero-order valence-electron chi connectivity index (χ0n) is 16.5. The van der Waals surface area contributed by atoms with Crippen molar-refractivity contribution in [3.63, 3.8) is 0 Å². The van der Waals surface area contributed by atoms with Crippen LogP contribution < -0.4 is 9.80 Å². The third kappa shape index (κ3) is 3.14. The Labute approximate surface area is 168 Å². The van der Waals surface area contributed by atoms with Crippen LogP contribution in [0.15, 0.2) is 30.7 Å². The molecular formula is C21H23N5O3. The van der Waals surface area contributed by atoms with Gasteiger partial charge in [-0.25, -0.2) is 4.98 Å². The summed E-state index contributed by atoms with van der Waals surface area (Å²) in [5, 5.41) is 1.05. The van der Waals surface area contributed by atoms with Gasteiger partial charge in [0.25, 0.3) is 0 Å². The molecule has 1 fully saturated rings. The van der Waals surface area contributed by atoms with Gasteiger partial charge in [-0.3, -0.25) is 9.78 Å². The molecule has 150 valence electrons. The lowest BCUT2D eigenvalue weighted by atomic mass is 10.0. The predicted molar refractivity (Wildman–Crippen MR) is 110 cm³/mol. The summed E-state index contributed by atoms with van der Waals surface area (Å²) >= 11 is 0. The number of aromatic nitrogens is 3. The Morgan fingerprint density at radius 2 is 2.17 bits per heavy atom. The van der Waals surface area contributed by atoms with Gasteiger partial charge in [0.2, 0.25) is 5.91 Å². The van der Waals surface area contributed by atoms with Gasteiger partial charge >= 0.3 is 0 Å². The van der Waals surface area contributed by atoms with E-state index < -0.39 is 0 Å². The zero-order chi connectivity index (χ0) is 20.0. The lowest BCUT2D eigenvalue weighted by Gasteiger charge is -2.28. The number of amides is 1. The molecule has 0 bridgehead atoms. The fourth-order valence-corrected chi connectivity index (χ4v) is 4.10. The summed E-state index contributed by atoms with van der Waals surface area (Å²) in [4.78, 5) is 28.8. The van der Waals surface area contributed by atoms with Gasteiger partial charge in [0.15, 0.2) is 0 Å². The summed E-state index contributed by atoms with van der Waals surface area (Å²) in [6.07, 6.45) is 5.79. The van der Waals surface area contributed by atoms with Gasteiger partial charge in [-0.15, -0.1) is 0 Å². The molecule has 1 N–H and O–H groups in total. The van der Waals surface area contributed by atoms with Gasteiger partial charge in [-0.1, -0.05) is 0 Å². The number of nitrogens with zero attached hydrogens (tertiary/aromatic N) is 4. The maximum atomic E-state index is 12.6. The Balaban J connectivity index is 1.55. The van der Waals surface area contributed by atoms with Gasteiger partial charge in [0.05, 0.1) is 56.0 Å². The second-order valence-corrected chi connectivity index (χ2v) is 7.59. The van der Waals surface area contributed by atoms with E-state index in [1.54, 1.807) is 4.90 Å². The van der Waals surface area contributed by atoms with Crippen LogP contribution >= 0.6 is 0 Å². The first-order chi connectivity index (χ1) is 14.1. The number of nitrogens with one attached hydrogen (secondary N) is 1. The smallest absolute Gasteiger partial charge is 0.233 e. The van der Waals surface area contributed by atoms with Crippen molar-refractivity contribution in [2.24, 2.45) is 0 Å². The van der Waals surface area contributed by atoms with E-state index in [0.717, 1.165) is 39.2 Å². The SMILES string of the molecule is CN(C)c1c(-c2cnc3c(c2)N(C[C@H]2COCCO2)C(=O)C3)cnc2[nH]ccc12. The molecule has 5 heterocycles. The summed E-state index contributed by atoms with van der Waals surface area (Å²) in [5.74, 6) is 0.0471. The molecule has 3 aromatic heterocycles. The van der Waals surface area contributed by atoms with Crippen molar-refractivity contribution in [3.05, 3.63) is 36.4 Å². The van der Waals surface area contributed by atoms with E-state index >= 15 is 0 Å². The van der Waals surface area contributed by atoms with Crippen molar-refractivity contribution < 1.29 is 14.3 Å². The van der Waals surface area contributed by atoms with Crippen LogP contribution in [0.1, 0.15) is 5.69 Å². The number of carbonyl (C=O) groups excluding carboxylic acids is 1. The summed E-state index contributed by atoms with van der Waals surface area (Å²) in [6.45, 7) is 2.15. The lowest BCUT2D eigenvalue weighted by Crippen LogP contribution is -2.41. The molecule has 2 aliphatic rings. The standard InChI is InChI=1S/C21H23N5O3/c1-25(2)20-15-3-4-22-21(15)24-10-16(20)13-7-18-17(23-9-13)8-19(27)26(18)11-14-12-28-5-6-29-14/h3-4,7,9-10,14H,5-6,8,11-12H2,1-2H3,(H,22,24)/t14-/m0/s1. The van der Waals surface area contributed by atoms with Gasteiger partial charge in [0.1, 0.15) is 5.65 Å². The molecule has 2 aliphatic heterocycles. The Morgan fingerprint density at radius 1 is 1.28 bits per heavy atom. The largest absolute Gasteiger partial charge is 0.377 e. The van der Waals surface area contributed by atoms with Crippen molar-refractivity contribution in [1.82, 2.24) is 15.0 Å². The van der Waals surface area contributed by atoms with E-state index in [1.807, 2.05) is 44.8 Å². The fraction of sp³-hybridized carbons (Fsp3) is 0.381. The van der Waals surface area contributed by atoms with Crippen molar-refractivity contribution in [2.45, 2.75) is 12.5 Å². The highest BCUT2D eigenvalue weighted by Crippen LogP contribution is 2.38. The van der Waals surface area contributed by atoms with Crippen molar-refractivity contribution in [2.75, 3.05) is 50.3 Å². The zero-order valence-corrected chi connectivity index (χ0v) is 16.5. The third-order valence-electron chi connectivity index (χ3n) is 5.45. The van der Waals surface area contributed by atoms with Crippen molar-refractivity contribution in [3.8, 4) is 11.1 Å². The lowest BCUT2D eigenvalue weighted by molar-refractivity contribution is -0.119. The molecule has 0 unspecified atom stereocenters. The minimum absolute atomic E-state index is 0.0471. The first-order valence-electron chi connectivity index (χ1n) is 9.74. The van der Waals surface area contributed by atoms with Crippen LogP contribution in [0, 0.1) is 0 Å². The first kappa shape index (κ1) is 18.1. The normalized spacial score (nSPS) is 19.0. The molecule has 1 amide bonds. The number of ether oxygens (including phenoxy) is 2. The molecule has 0 aliphatic carbocycles. The third-order valence-corrected chi connectivity index (χ3v) is 5.45. The molecule has 8 nitrogen and oxygen atoms in total. The Morgan fingerprint density at radius 3 is 2.97 bits per heavy atom. The molecular weight excluding hydrogens is 370 g/mol. The van der Waals surface area contributed by atoms with E-state index in [1.165, 1.54) is 0 Å². The number of anilines is 2. The monoisotopic (exact) mass is 393 g/mol. The Bertz CT molecular complexity index is 1070. The first-order valence-corrected chi connectivity index (χ1v) is 9.74. The van der Waals surface area contributed by atoms with E-state index in [4.69, 9.17) is 9.47 Å². The number of rotatable bonds is 4. The molecule has 8 heteroatoms. The Hall–Kier alpha value is -2.97. The average Bonchev–Trinajstić information content (AvgIpc) is 3.32. The molecule has 3 aromatic rings. The van der Waals surface area contributed by atoms with Crippen LogP contribution in [-0.4, -0.2) is 67.4 Å². The number of H-pyrrole nitrogens is 1. The van der Waals surface area contributed by atoms with Crippen LogP contribution in [0.25, 0.3) is 22.2 Å². The number of carbonyl (C=O) groups is 1. The highest BCUT2D eigenvalue weighted by Gasteiger charge is 2.32. The van der Waals surface area contributed by atoms with Crippen LogP contribution in [-0.2, 0) is 20.7 Å². The highest BCUT2D eigenvalue weighted by atomic mass is 16.6.